The van der Waals surface area contributed by atoms with Gasteiger partial charge in [0.15, 0.2) is 9.84 Å². The van der Waals surface area contributed by atoms with Crippen molar-refractivity contribution in [3.8, 4) is 0 Å². The summed E-state index contributed by atoms with van der Waals surface area (Å²) in [7, 11) is -3.38. The van der Waals surface area contributed by atoms with Crippen molar-refractivity contribution >= 4 is 32.7 Å². The van der Waals surface area contributed by atoms with Crippen LogP contribution in [0.15, 0.2) is 53.6 Å². The molecule has 0 saturated carbocycles. The van der Waals surface area contributed by atoms with E-state index in [9.17, 15) is 18.0 Å². The molecule has 1 amide bonds. The number of carbonyl (C=O) groups is 2. The third kappa shape index (κ3) is 4.98. The molecule has 10 heteroatoms. The molecule has 1 aliphatic heterocycles. The zero-order chi connectivity index (χ0) is 24.3. The average Bonchev–Trinajstić information content (AvgIpc) is 3.13. The number of nitrogens with one attached hydrogen (secondary N) is 1. The fraction of sp³-hybridized carbons (Fsp3) is 0.333. The fourth-order valence-electron chi connectivity index (χ4n) is 4.11. The molecule has 1 fully saturated rings. The number of hydrogen-bond donors (Lipinski definition) is 2. The molecule has 180 valence electrons. The number of nitrogens with zero attached hydrogens (tertiary/aromatic N) is 2. The highest BCUT2D eigenvalue weighted by Gasteiger charge is 2.26. The first-order chi connectivity index (χ1) is 16.3. The minimum atomic E-state index is -3.38. The van der Waals surface area contributed by atoms with Crippen LogP contribution in [0.5, 0.6) is 0 Å². The van der Waals surface area contributed by atoms with Gasteiger partial charge in [0.2, 0.25) is 5.78 Å². The maximum Gasteiger partial charge on any atom is 0.255 e. The summed E-state index contributed by atoms with van der Waals surface area (Å²) in [6, 6.07) is 10.9. The van der Waals surface area contributed by atoms with Crippen molar-refractivity contribution in [1.29, 1.82) is 0 Å². The van der Waals surface area contributed by atoms with Gasteiger partial charge in [0, 0.05) is 37.7 Å². The van der Waals surface area contributed by atoms with Gasteiger partial charge in [0.25, 0.3) is 5.91 Å². The van der Waals surface area contributed by atoms with Gasteiger partial charge in [-0.05, 0) is 49.4 Å². The number of sulfone groups is 1. The second-order valence-corrected chi connectivity index (χ2v) is 10.3. The summed E-state index contributed by atoms with van der Waals surface area (Å²) in [6.07, 6.45) is 3.57. The average molecular weight is 485 g/mol. The fourth-order valence-corrected chi connectivity index (χ4v) is 4.74. The Hall–Kier alpha value is -3.21. The minimum absolute atomic E-state index is 0.0917. The van der Waals surface area contributed by atoms with E-state index in [1.54, 1.807) is 28.8 Å². The number of rotatable bonds is 8. The molecule has 0 aliphatic carbocycles. The Morgan fingerprint density at radius 2 is 1.79 bits per heavy atom. The Labute approximate surface area is 198 Å². The summed E-state index contributed by atoms with van der Waals surface area (Å²) in [5.74, 6) is -0.736. The number of nitrogens with two attached hydrogens (primary N) is 1. The maximum absolute atomic E-state index is 13.3. The molecule has 1 saturated heterocycles. The quantitative estimate of drug-likeness (QED) is 0.368. The Morgan fingerprint density at radius 3 is 2.47 bits per heavy atom. The van der Waals surface area contributed by atoms with Crippen LogP contribution in [-0.2, 0) is 14.6 Å². The summed E-state index contributed by atoms with van der Waals surface area (Å²) in [5, 5.41) is 2.92. The molecule has 3 heterocycles. The van der Waals surface area contributed by atoms with Crippen LogP contribution in [0.3, 0.4) is 0 Å². The number of pyridine rings is 1. The number of benzene rings is 1. The van der Waals surface area contributed by atoms with Crippen LogP contribution in [0.2, 0.25) is 0 Å². The van der Waals surface area contributed by atoms with E-state index in [1.807, 2.05) is 0 Å². The summed E-state index contributed by atoms with van der Waals surface area (Å²) in [4.78, 5) is 28.8. The standard InChI is InChI=1S/C24H28N4O5S/c1-34(31,32)18-8-6-17(7-9-18)23(29)22-21(25)20(19-5-2-3-12-28(19)22)24(30)26-10-4-11-27-13-15-33-16-14-27/h2-3,5-9,12H,4,10-11,13-16,25H2,1H3,(H,26,30). The van der Waals surface area contributed by atoms with E-state index in [0.29, 0.717) is 12.1 Å². The molecule has 3 aromatic rings. The molecule has 1 aliphatic rings. The number of nitrogen functional groups attached to an aromatic ring is 1. The largest absolute Gasteiger partial charge is 0.396 e. The molecule has 2 aromatic heterocycles. The lowest BCUT2D eigenvalue weighted by atomic mass is 10.1. The second kappa shape index (κ2) is 9.96. The zero-order valence-corrected chi connectivity index (χ0v) is 19.8. The van der Waals surface area contributed by atoms with Crippen LogP contribution < -0.4 is 11.1 Å². The third-order valence-corrected chi connectivity index (χ3v) is 7.04. The minimum Gasteiger partial charge on any atom is -0.396 e. The van der Waals surface area contributed by atoms with Crippen molar-refractivity contribution in [2.24, 2.45) is 0 Å². The molecule has 9 nitrogen and oxygen atoms in total. The normalized spacial score (nSPS) is 14.9. The molecule has 4 rings (SSSR count). The summed E-state index contributed by atoms with van der Waals surface area (Å²) in [6.45, 7) is 4.59. The Bertz CT molecular complexity index is 1310. The SMILES string of the molecule is CS(=O)(=O)c1ccc(C(=O)c2c(N)c(C(=O)NCCCN3CCOCC3)c3ccccn23)cc1. The summed E-state index contributed by atoms with van der Waals surface area (Å²) >= 11 is 0. The van der Waals surface area contributed by atoms with Gasteiger partial charge in [-0.1, -0.05) is 6.07 Å². The van der Waals surface area contributed by atoms with Crippen molar-refractivity contribution in [2.75, 3.05) is 51.4 Å². The van der Waals surface area contributed by atoms with Gasteiger partial charge >= 0.3 is 0 Å². The Morgan fingerprint density at radius 1 is 1.09 bits per heavy atom. The van der Waals surface area contributed by atoms with Crippen LogP contribution in [0.1, 0.15) is 32.8 Å². The lowest BCUT2D eigenvalue weighted by Gasteiger charge is -2.26. The number of ketones is 1. The number of anilines is 1. The van der Waals surface area contributed by atoms with E-state index >= 15 is 0 Å². The number of aromatic nitrogens is 1. The Kier molecular flexibility index (Phi) is 7.01. The summed E-state index contributed by atoms with van der Waals surface area (Å²) < 4.78 is 30.4. The van der Waals surface area contributed by atoms with Gasteiger partial charge in [-0.15, -0.1) is 0 Å². The van der Waals surface area contributed by atoms with E-state index in [-0.39, 0.29) is 33.3 Å². The highest BCUT2D eigenvalue weighted by atomic mass is 32.2. The maximum atomic E-state index is 13.3. The molecule has 0 spiro atoms. The zero-order valence-electron chi connectivity index (χ0n) is 19.0. The van der Waals surface area contributed by atoms with Crippen LogP contribution in [0.4, 0.5) is 5.69 Å². The number of morpholine rings is 1. The van der Waals surface area contributed by atoms with Crippen molar-refractivity contribution in [2.45, 2.75) is 11.3 Å². The van der Waals surface area contributed by atoms with Gasteiger partial charge in [0.1, 0.15) is 5.69 Å². The van der Waals surface area contributed by atoms with E-state index < -0.39 is 15.6 Å². The van der Waals surface area contributed by atoms with Crippen LogP contribution in [0.25, 0.3) is 5.52 Å². The van der Waals surface area contributed by atoms with Crippen molar-refractivity contribution in [3.63, 3.8) is 0 Å². The molecule has 0 bridgehead atoms. The number of amides is 1. The van der Waals surface area contributed by atoms with Crippen LogP contribution in [-0.4, -0.2) is 75.1 Å². The van der Waals surface area contributed by atoms with Gasteiger partial charge < -0.3 is 20.2 Å². The third-order valence-electron chi connectivity index (χ3n) is 5.91. The number of carbonyl (C=O) groups excluding carboxylic acids is 2. The van der Waals surface area contributed by atoms with Gasteiger partial charge in [-0.3, -0.25) is 14.5 Å². The van der Waals surface area contributed by atoms with Gasteiger partial charge in [-0.2, -0.15) is 0 Å². The molecular weight excluding hydrogens is 456 g/mol. The highest BCUT2D eigenvalue weighted by molar-refractivity contribution is 7.90. The van der Waals surface area contributed by atoms with E-state index in [1.165, 1.54) is 24.3 Å². The second-order valence-electron chi connectivity index (χ2n) is 8.28. The molecule has 3 N–H and O–H groups in total. The first-order valence-electron chi connectivity index (χ1n) is 11.1. The number of ether oxygens (including phenoxy) is 1. The molecule has 1 aromatic carbocycles. The first-order valence-corrected chi connectivity index (χ1v) is 13.0. The predicted octanol–water partition coefficient (Wildman–Crippen LogP) is 1.61. The molecule has 34 heavy (non-hydrogen) atoms. The smallest absolute Gasteiger partial charge is 0.255 e. The van der Waals surface area contributed by atoms with Crippen molar-refractivity contribution < 1.29 is 22.7 Å². The topological polar surface area (TPSA) is 123 Å². The van der Waals surface area contributed by atoms with Crippen molar-refractivity contribution in [1.82, 2.24) is 14.6 Å². The highest BCUT2D eigenvalue weighted by Crippen LogP contribution is 2.28. The molecule has 0 atom stereocenters. The van der Waals surface area contributed by atoms with E-state index in [4.69, 9.17) is 10.5 Å². The van der Waals surface area contributed by atoms with Gasteiger partial charge in [0.05, 0.1) is 34.9 Å². The molecule has 0 radical (unpaired) electrons. The predicted molar refractivity (Wildman–Crippen MR) is 129 cm³/mol. The van der Waals surface area contributed by atoms with Crippen LogP contribution in [0, 0.1) is 0 Å². The number of hydrogen-bond acceptors (Lipinski definition) is 7. The first kappa shape index (κ1) is 23.9. The monoisotopic (exact) mass is 484 g/mol. The Balaban J connectivity index is 1.55. The van der Waals surface area contributed by atoms with E-state index in [2.05, 4.69) is 10.2 Å². The molecular formula is C24H28N4O5S. The lowest BCUT2D eigenvalue weighted by Crippen LogP contribution is -2.38. The van der Waals surface area contributed by atoms with Crippen molar-refractivity contribution in [3.05, 3.63) is 65.5 Å². The lowest BCUT2D eigenvalue weighted by molar-refractivity contribution is 0.0374. The van der Waals surface area contributed by atoms with Gasteiger partial charge in [-0.25, -0.2) is 8.42 Å². The number of fused-ring (bicyclic) bond motifs is 1. The van der Waals surface area contributed by atoms with Crippen LogP contribution >= 0.6 is 0 Å². The molecule has 0 unspecified atom stereocenters. The summed E-state index contributed by atoms with van der Waals surface area (Å²) in [5.41, 5.74) is 7.67. The van der Waals surface area contributed by atoms with E-state index in [0.717, 1.165) is 45.5 Å².